The minimum Gasteiger partial charge on any atom is -0.591 e. The van der Waals surface area contributed by atoms with Gasteiger partial charge in [-0.1, -0.05) is 11.0 Å². The molecule has 2 N–H and O–H groups in total. The molecule has 0 aliphatic rings. The first-order chi connectivity index (χ1) is 13.2. The van der Waals surface area contributed by atoms with Crippen molar-refractivity contribution in [3.63, 3.8) is 0 Å². The van der Waals surface area contributed by atoms with Crippen LogP contribution in [0.4, 0.5) is 0 Å². The molecule has 150 valence electrons. The quantitative estimate of drug-likeness (QED) is 0.542. The minimum absolute atomic E-state index is 0.00379. The van der Waals surface area contributed by atoms with Crippen molar-refractivity contribution in [2.45, 2.75) is 38.0 Å². The molecule has 1 heterocycles. The van der Waals surface area contributed by atoms with E-state index in [4.69, 9.17) is 4.74 Å². The first-order valence-electron chi connectivity index (χ1n) is 8.65. The highest BCUT2D eigenvalue weighted by molar-refractivity contribution is 7.91. The molecule has 0 aliphatic heterocycles. The largest absolute Gasteiger partial charge is 0.591 e. The van der Waals surface area contributed by atoms with Crippen molar-refractivity contribution in [3.8, 4) is 11.5 Å². The Morgan fingerprint density at radius 2 is 2.07 bits per heavy atom. The van der Waals surface area contributed by atoms with Gasteiger partial charge in [0, 0.05) is 18.1 Å². The summed E-state index contributed by atoms with van der Waals surface area (Å²) in [5.41, 5.74) is 1.60. The minimum atomic E-state index is -1.58. The molecular formula is C20H25N3O4S. The van der Waals surface area contributed by atoms with Gasteiger partial charge in [-0.3, -0.25) is 9.97 Å². The van der Waals surface area contributed by atoms with Crippen LogP contribution in [0.5, 0.6) is 11.5 Å². The number of hydrogen-bond donors (Lipinski definition) is 2. The van der Waals surface area contributed by atoms with Crippen LogP contribution >= 0.6 is 0 Å². The van der Waals surface area contributed by atoms with Crippen LogP contribution < -0.4 is 4.74 Å². The van der Waals surface area contributed by atoms with Crippen LogP contribution in [-0.2, 0) is 11.4 Å². The lowest BCUT2D eigenvalue weighted by atomic mass is 10.0. The van der Waals surface area contributed by atoms with Crippen molar-refractivity contribution in [3.05, 3.63) is 54.1 Å². The van der Waals surface area contributed by atoms with E-state index >= 15 is 0 Å². The molecule has 0 fully saturated rings. The van der Waals surface area contributed by atoms with Gasteiger partial charge in [-0.15, -0.1) is 0 Å². The zero-order chi connectivity index (χ0) is 20.9. The van der Waals surface area contributed by atoms with Gasteiger partial charge in [-0.05, 0) is 39.0 Å². The zero-order valence-corrected chi connectivity index (χ0v) is 17.2. The Morgan fingerprint density at radius 1 is 1.36 bits per heavy atom. The number of ether oxygens (including phenoxy) is 1. The number of aromatic nitrogens is 2. The van der Waals surface area contributed by atoms with E-state index < -0.39 is 22.2 Å². The number of rotatable bonds is 7. The van der Waals surface area contributed by atoms with E-state index in [1.807, 2.05) is 0 Å². The van der Waals surface area contributed by atoms with E-state index in [2.05, 4.69) is 20.9 Å². The predicted octanol–water partition coefficient (Wildman–Crippen LogP) is 3.21. The second kappa shape index (κ2) is 9.18. The first-order valence-corrected chi connectivity index (χ1v) is 9.75. The van der Waals surface area contributed by atoms with E-state index in [-0.39, 0.29) is 12.2 Å². The summed E-state index contributed by atoms with van der Waals surface area (Å²) in [6.07, 6.45) is 3.47. The summed E-state index contributed by atoms with van der Waals surface area (Å²) in [7, 11) is 1.49. The summed E-state index contributed by atoms with van der Waals surface area (Å²) >= 11 is -1.58. The van der Waals surface area contributed by atoms with Crippen LogP contribution in [0.25, 0.3) is 6.08 Å². The van der Waals surface area contributed by atoms with E-state index in [0.717, 1.165) is 0 Å². The van der Waals surface area contributed by atoms with Crippen molar-refractivity contribution >= 4 is 23.1 Å². The molecule has 7 nitrogen and oxygen atoms in total. The summed E-state index contributed by atoms with van der Waals surface area (Å²) in [5, 5.41) is 21.0. The molecule has 1 aromatic carbocycles. The maximum absolute atomic E-state index is 12.6. The molecule has 1 aromatic heterocycles. The molecule has 28 heavy (non-hydrogen) atoms. The number of aliphatic hydroxyl groups is 1. The highest BCUT2D eigenvalue weighted by atomic mass is 32.2. The van der Waals surface area contributed by atoms with Crippen molar-refractivity contribution in [1.82, 2.24) is 9.97 Å². The van der Waals surface area contributed by atoms with Crippen LogP contribution in [-0.4, -0.2) is 42.3 Å². The van der Waals surface area contributed by atoms with Gasteiger partial charge < -0.3 is 19.5 Å². The van der Waals surface area contributed by atoms with Crippen LogP contribution in [0, 0.1) is 0 Å². The third-order valence-electron chi connectivity index (χ3n) is 3.86. The molecule has 0 saturated carbocycles. The lowest BCUT2D eigenvalue weighted by Crippen LogP contribution is -2.27. The molecule has 2 aromatic rings. The average Bonchev–Trinajstić information content (AvgIpc) is 2.66. The normalized spacial score (nSPS) is 14.4. The molecule has 0 aliphatic carbocycles. The van der Waals surface area contributed by atoms with Gasteiger partial charge in [0.15, 0.2) is 0 Å². The molecule has 8 heteroatoms. The van der Waals surface area contributed by atoms with Gasteiger partial charge in [-0.2, -0.15) is 0 Å². The highest BCUT2D eigenvalue weighted by Gasteiger charge is 2.29. The van der Waals surface area contributed by atoms with Crippen molar-refractivity contribution in [2.24, 2.45) is 4.40 Å². The third-order valence-corrected chi connectivity index (χ3v) is 5.30. The van der Waals surface area contributed by atoms with E-state index in [0.29, 0.717) is 28.4 Å². The topological polar surface area (TPSA) is 111 Å². The summed E-state index contributed by atoms with van der Waals surface area (Å²) in [6, 6.07) is 4.72. The lowest BCUT2D eigenvalue weighted by Gasteiger charge is -2.20. The second-order valence-corrected chi connectivity index (χ2v) is 8.98. The fourth-order valence-electron chi connectivity index (χ4n) is 2.23. The Kier molecular flexibility index (Phi) is 7.17. The summed E-state index contributed by atoms with van der Waals surface area (Å²) in [4.78, 5) is 8.31. The number of benzene rings is 1. The van der Waals surface area contributed by atoms with Gasteiger partial charge in [-0.25, -0.2) is 0 Å². The van der Waals surface area contributed by atoms with Crippen molar-refractivity contribution in [1.29, 1.82) is 0 Å². The van der Waals surface area contributed by atoms with Gasteiger partial charge in [0.05, 0.1) is 30.9 Å². The fourth-order valence-corrected chi connectivity index (χ4v) is 2.88. The molecular weight excluding hydrogens is 378 g/mol. The zero-order valence-electron chi connectivity index (χ0n) is 16.4. The molecule has 0 bridgehead atoms. The molecule has 2 rings (SSSR count). The van der Waals surface area contributed by atoms with Crippen LogP contribution in [0.1, 0.15) is 50.2 Å². The second-order valence-electron chi connectivity index (χ2n) is 7.07. The first kappa shape index (κ1) is 21.9. The maximum Gasteiger partial charge on any atom is 0.144 e. The SMILES string of the molecule is C=Cc1cnc([C@@H](O)CC(=N[S@@+]([O-])C(C)(C)C)c2ccc(OC)cc2O)cn1. The van der Waals surface area contributed by atoms with Gasteiger partial charge >= 0.3 is 0 Å². The number of nitrogens with zero attached hydrogens (tertiary/aromatic N) is 3. The average molecular weight is 404 g/mol. The number of methoxy groups -OCH3 is 1. The molecule has 0 saturated heterocycles. The molecule has 0 spiro atoms. The number of aromatic hydroxyl groups is 1. The smallest absolute Gasteiger partial charge is 0.144 e. The standard InChI is InChI=1S/C20H25N3O4S/c1-6-13-11-22-17(12-21-13)19(25)10-16(23-28(26)20(2,3)4)15-8-7-14(27-5)9-18(15)24/h6-9,11-12,19,24-25H,1,10H2,2-5H3/t19-,28-/m0/s1. The summed E-state index contributed by atoms with van der Waals surface area (Å²) in [5.74, 6) is 0.397. The lowest BCUT2D eigenvalue weighted by molar-refractivity contribution is 0.181. The highest BCUT2D eigenvalue weighted by Crippen LogP contribution is 2.29. The van der Waals surface area contributed by atoms with Crippen LogP contribution in [0.2, 0.25) is 0 Å². The van der Waals surface area contributed by atoms with E-state index in [9.17, 15) is 14.8 Å². The Balaban J connectivity index is 2.40. The van der Waals surface area contributed by atoms with E-state index in [1.165, 1.54) is 25.6 Å². The molecule has 0 radical (unpaired) electrons. The van der Waals surface area contributed by atoms with Gasteiger partial charge in [0.25, 0.3) is 0 Å². The van der Waals surface area contributed by atoms with Crippen molar-refractivity contribution in [2.75, 3.05) is 7.11 Å². The number of aliphatic hydroxyl groups excluding tert-OH is 1. The van der Waals surface area contributed by atoms with Crippen molar-refractivity contribution < 1.29 is 19.5 Å². The van der Waals surface area contributed by atoms with Gasteiger partial charge in [0.2, 0.25) is 0 Å². The van der Waals surface area contributed by atoms with E-state index in [1.54, 1.807) is 39.0 Å². The van der Waals surface area contributed by atoms with Crippen LogP contribution in [0.15, 0.2) is 41.6 Å². The molecule has 2 atom stereocenters. The Labute approximate surface area is 168 Å². The van der Waals surface area contributed by atoms with Gasteiger partial charge in [0.1, 0.15) is 39.4 Å². The third kappa shape index (κ3) is 5.54. The maximum atomic E-state index is 12.6. The fraction of sp³-hybridized carbons (Fsp3) is 0.350. The summed E-state index contributed by atoms with van der Waals surface area (Å²) < 4.78 is 21.4. The summed E-state index contributed by atoms with van der Waals surface area (Å²) in [6.45, 7) is 9.02. The number of phenolic OH excluding ortho intramolecular Hbond substituents is 1. The number of phenols is 1. The predicted molar refractivity (Wildman–Crippen MR) is 111 cm³/mol. The molecule has 0 unspecified atom stereocenters. The molecule has 0 amide bonds. The monoisotopic (exact) mass is 403 g/mol. The Bertz CT molecular complexity index is 848. The Hall–Kier alpha value is -2.42. The van der Waals surface area contributed by atoms with Crippen LogP contribution in [0.3, 0.4) is 0 Å². The number of hydrogen-bond acceptors (Lipinski definition) is 7. The Morgan fingerprint density at radius 3 is 2.57 bits per heavy atom.